The Labute approximate surface area is 156 Å². The molecule has 0 amide bonds. The summed E-state index contributed by atoms with van der Waals surface area (Å²) in [5.74, 6) is -6.96. The van der Waals surface area contributed by atoms with Gasteiger partial charge >= 0.3 is 32.1 Å². The summed E-state index contributed by atoms with van der Waals surface area (Å²) in [4.78, 5) is 44.4. The average molecular weight is 410 g/mol. The standard InChI is InChI=1S/C16H11O11P/c17-13(18)7-1-3-9(15(21)22)11(5-7)26-28(25)27-12-6-8(14(19)20)2-4-10(12)16(23)24/h1-6,28H,(H,17,18)(H,19,20)(H,21,22)(H,23,24). The van der Waals surface area contributed by atoms with Crippen molar-refractivity contribution in [2.24, 2.45) is 0 Å². The third-order valence-corrected chi connectivity index (χ3v) is 4.08. The minimum absolute atomic E-state index is 0.353. The zero-order valence-corrected chi connectivity index (χ0v) is 14.6. The molecule has 28 heavy (non-hydrogen) atoms. The fourth-order valence-electron chi connectivity index (χ4n) is 2.03. The van der Waals surface area contributed by atoms with Gasteiger partial charge in [-0.2, -0.15) is 0 Å². The van der Waals surface area contributed by atoms with Gasteiger partial charge in [0.05, 0.1) is 11.1 Å². The molecule has 0 unspecified atom stereocenters. The second kappa shape index (κ2) is 8.23. The lowest BCUT2D eigenvalue weighted by Crippen LogP contribution is -2.06. The first-order chi connectivity index (χ1) is 13.1. The van der Waals surface area contributed by atoms with E-state index in [9.17, 15) is 23.7 Å². The molecule has 0 aliphatic rings. The lowest BCUT2D eigenvalue weighted by Gasteiger charge is -2.12. The van der Waals surface area contributed by atoms with E-state index in [4.69, 9.17) is 29.5 Å². The smallest absolute Gasteiger partial charge is 0.419 e. The number of carboxylic acid groups (broad SMARTS) is 4. The lowest BCUT2D eigenvalue weighted by molar-refractivity contribution is 0.0678. The summed E-state index contributed by atoms with van der Waals surface area (Å²) in [6.45, 7) is 0. The van der Waals surface area contributed by atoms with Gasteiger partial charge in [0.15, 0.2) is 0 Å². The van der Waals surface area contributed by atoms with Crippen molar-refractivity contribution >= 4 is 32.1 Å². The van der Waals surface area contributed by atoms with E-state index in [1.54, 1.807) is 0 Å². The van der Waals surface area contributed by atoms with Gasteiger partial charge in [-0.3, -0.25) is 0 Å². The molecule has 0 aliphatic carbocycles. The molecule has 2 rings (SSSR count). The van der Waals surface area contributed by atoms with Crippen LogP contribution in [-0.2, 0) is 4.57 Å². The predicted octanol–water partition coefficient (Wildman–Crippen LogP) is 2.33. The van der Waals surface area contributed by atoms with Gasteiger partial charge in [0.2, 0.25) is 0 Å². The second-order valence-electron chi connectivity index (χ2n) is 5.10. The molecular formula is C16H11O11P. The van der Waals surface area contributed by atoms with Crippen LogP contribution >= 0.6 is 8.25 Å². The van der Waals surface area contributed by atoms with Gasteiger partial charge < -0.3 is 29.5 Å². The van der Waals surface area contributed by atoms with Gasteiger partial charge in [-0.1, -0.05) is 0 Å². The Morgan fingerprint density at radius 3 is 1.29 bits per heavy atom. The molecule has 0 atom stereocenters. The summed E-state index contributed by atoms with van der Waals surface area (Å²) in [5, 5.41) is 36.1. The molecule has 146 valence electrons. The van der Waals surface area contributed by atoms with Crippen LogP contribution < -0.4 is 9.05 Å². The third-order valence-electron chi connectivity index (χ3n) is 3.30. The first-order valence-corrected chi connectivity index (χ1v) is 8.43. The topological polar surface area (TPSA) is 185 Å². The molecule has 11 nitrogen and oxygen atoms in total. The molecule has 0 heterocycles. The van der Waals surface area contributed by atoms with Crippen molar-refractivity contribution in [2.75, 3.05) is 0 Å². The van der Waals surface area contributed by atoms with Gasteiger partial charge in [0.25, 0.3) is 0 Å². The van der Waals surface area contributed by atoms with Crippen LogP contribution in [0.2, 0.25) is 0 Å². The SMILES string of the molecule is O=C(O)c1ccc(C(=O)O)c(O[PH](=O)Oc2cc(C(=O)O)ccc2C(=O)O)c1. The van der Waals surface area contributed by atoms with Gasteiger partial charge in [-0.25, -0.2) is 23.7 Å². The van der Waals surface area contributed by atoms with Gasteiger partial charge in [0.1, 0.15) is 22.6 Å². The zero-order chi connectivity index (χ0) is 21.0. The highest BCUT2D eigenvalue weighted by Crippen LogP contribution is 2.35. The highest BCUT2D eigenvalue weighted by Gasteiger charge is 2.20. The normalized spacial score (nSPS) is 10.3. The van der Waals surface area contributed by atoms with Gasteiger partial charge in [0, 0.05) is 0 Å². The van der Waals surface area contributed by atoms with Crippen LogP contribution in [-0.4, -0.2) is 44.3 Å². The van der Waals surface area contributed by atoms with E-state index in [2.05, 4.69) is 0 Å². The molecule has 0 saturated heterocycles. The van der Waals surface area contributed by atoms with Crippen molar-refractivity contribution in [3.8, 4) is 11.5 Å². The first-order valence-electron chi connectivity index (χ1n) is 7.21. The first kappa shape index (κ1) is 20.5. The molecule has 12 heteroatoms. The Bertz CT molecular complexity index is 932. The van der Waals surface area contributed by atoms with E-state index in [1.807, 2.05) is 0 Å². The van der Waals surface area contributed by atoms with E-state index in [0.29, 0.717) is 0 Å². The maximum absolute atomic E-state index is 12.2. The van der Waals surface area contributed by atoms with Crippen molar-refractivity contribution in [3.05, 3.63) is 58.7 Å². The molecular weight excluding hydrogens is 399 g/mol. The molecule has 2 aromatic carbocycles. The number of benzene rings is 2. The van der Waals surface area contributed by atoms with Crippen molar-refractivity contribution in [3.63, 3.8) is 0 Å². The Kier molecular flexibility index (Phi) is 6.01. The molecule has 0 aliphatic heterocycles. The monoisotopic (exact) mass is 410 g/mol. The fourth-order valence-corrected chi connectivity index (χ4v) is 2.77. The van der Waals surface area contributed by atoms with E-state index in [-0.39, 0.29) is 11.1 Å². The molecule has 0 saturated carbocycles. The molecule has 2 aromatic rings. The maximum Gasteiger partial charge on any atom is 0.419 e. The summed E-state index contributed by atoms with van der Waals surface area (Å²) >= 11 is 0. The Morgan fingerprint density at radius 2 is 1.00 bits per heavy atom. The predicted molar refractivity (Wildman–Crippen MR) is 91.0 cm³/mol. The van der Waals surface area contributed by atoms with Gasteiger partial charge in [-0.05, 0) is 36.4 Å². The average Bonchev–Trinajstić information content (AvgIpc) is 2.60. The summed E-state index contributed by atoms with van der Waals surface area (Å²) in [6, 6.07) is 5.45. The fraction of sp³-hybridized carbons (Fsp3) is 0. The van der Waals surface area contributed by atoms with Crippen molar-refractivity contribution in [1.29, 1.82) is 0 Å². The number of rotatable bonds is 8. The van der Waals surface area contributed by atoms with Crippen LogP contribution in [0.25, 0.3) is 0 Å². The summed E-state index contributed by atoms with van der Waals surface area (Å²) in [6.07, 6.45) is 0. The molecule has 0 fully saturated rings. The number of aromatic carboxylic acids is 4. The van der Waals surface area contributed by atoms with Crippen LogP contribution in [0.5, 0.6) is 11.5 Å². The van der Waals surface area contributed by atoms with E-state index in [1.165, 1.54) is 0 Å². The van der Waals surface area contributed by atoms with Crippen molar-refractivity contribution < 1.29 is 53.2 Å². The lowest BCUT2D eigenvalue weighted by atomic mass is 10.1. The Hall–Kier alpha value is -3.85. The van der Waals surface area contributed by atoms with Crippen LogP contribution in [0.15, 0.2) is 36.4 Å². The highest BCUT2D eigenvalue weighted by atomic mass is 31.1. The molecule has 0 radical (unpaired) electrons. The molecule has 0 aromatic heterocycles. The number of carbonyl (C=O) groups is 4. The summed E-state index contributed by atoms with van der Waals surface area (Å²) < 4.78 is 21.9. The summed E-state index contributed by atoms with van der Waals surface area (Å²) in [7, 11) is -3.65. The quantitative estimate of drug-likeness (QED) is 0.468. The maximum atomic E-state index is 12.2. The van der Waals surface area contributed by atoms with E-state index in [0.717, 1.165) is 36.4 Å². The van der Waals surface area contributed by atoms with E-state index < -0.39 is 54.8 Å². The number of hydrogen-bond acceptors (Lipinski definition) is 7. The minimum atomic E-state index is -3.65. The molecule has 0 bridgehead atoms. The zero-order valence-electron chi connectivity index (χ0n) is 13.6. The number of hydrogen-bond donors (Lipinski definition) is 4. The summed E-state index contributed by atoms with van der Waals surface area (Å²) in [5.41, 5.74) is -1.72. The molecule has 0 spiro atoms. The molecule has 4 N–H and O–H groups in total. The van der Waals surface area contributed by atoms with Crippen molar-refractivity contribution in [1.82, 2.24) is 0 Å². The van der Waals surface area contributed by atoms with Crippen LogP contribution in [0.3, 0.4) is 0 Å². The third kappa shape index (κ3) is 4.65. The number of carboxylic acids is 4. The Morgan fingerprint density at radius 1 is 0.643 bits per heavy atom. The minimum Gasteiger partial charge on any atom is -0.478 e. The Balaban J connectivity index is 2.37. The largest absolute Gasteiger partial charge is 0.478 e. The van der Waals surface area contributed by atoms with E-state index >= 15 is 0 Å². The van der Waals surface area contributed by atoms with Gasteiger partial charge in [-0.15, -0.1) is 0 Å². The van der Waals surface area contributed by atoms with Crippen LogP contribution in [0.4, 0.5) is 0 Å². The van der Waals surface area contributed by atoms with Crippen LogP contribution in [0.1, 0.15) is 41.4 Å². The van der Waals surface area contributed by atoms with Crippen LogP contribution in [0, 0.1) is 0 Å². The highest BCUT2D eigenvalue weighted by molar-refractivity contribution is 7.34. The van der Waals surface area contributed by atoms with Crippen molar-refractivity contribution in [2.45, 2.75) is 0 Å². The second-order valence-corrected chi connectivity index (χ2v) is 6.00.